The lowest BCUT2D eigenvalue weighted by Crippen LogP contribution is -2.60. The van der Waals surface area contributed by atoms with Crippen molar-refractivity contribution in [2.75, 3.05) is 92.2 Å². The molecular formula is C56H84FN9O8. The number of likely N-dealkylation sites (tertiary alicyclic amines) is 1. The minimum absolute atomic E-state index is 0.0545. The molecule has 0 radical (unpaired) electrons. The zero-order valence-corrected chi connectivity index (χ0v) is 46.7. The molecule has 0 aliphatic carbocycles. The molecule has 17 nitrogen and oxygen atoms in total. The van der Waals surface area contributed by atoms with Crippen molar-refractivity contribution in [2.45, 2.75) is 137 Å². The zero-order chi connectivity index (χ0) is 54.7. The third-order valence-corrected chi connectivity index (χ3v) is 14.6. The van der Waals surface area contributed by atoms with Crippen molar-refractivity contribution >= 4 is 46.2 Å². The first-order chi connectivity index (χ1) is 34.9. The Morgan fingerprint density at radius 2 is 1.65 bits per heavy atom. The number of esters is 1. The van der Waals surface area contributed by atoms with Gasteiger partial charge in [0.2, 0.25) is 5.91 Å². The maximum absolute atomic E-state index is 15.9. The highest BCUT2D eigenvalue weighted by Crippen LogP contribution is 2.42. The number of piperidine rings is 1. The number of carbonyl (C=O) groups excluding carboxylic acids is 5. The van der Waals surface area contributed by atoms with Gasteiger partial charge in [-0.25, -0.2) is 9.82 Å². The number of nitrogens with one attached hydrogen (secondary N) is 2. The number of rotatable bonds is 16. The number of halogens is 1. The van der Waals surface area contributed by atoms with Crippen LogP contribution in [0.4, 0.5) is 10.1 Å². The molecule has 2 aromatic heterocycles. The van der Waals surface area contributed by atoms with Crippen molar-refractivity contribution in [1.82, 2.24) is 40.0 Å². The molecule has 4 amide bonds. The molecule has 74 heavy (non-hydrogen) atoms. The van der Waals surface area contributed by atoms with Gasteiger partial charge in [0, 0.05) is 114 Å². The van der Waals surface area contributed by atoms with Crippen LogP contribution in [0.2, 0.25) is 0 Å². The first kappa shape index (κ1) is 59.3. The van der Waals surface area contributed by atoms with Crippen LogP contribution < -0.4 is 15.6 Å². The number of aromatic nitrogens is 2. The van der Waals surface area contributed by atoms with E-state index in [2.05, 4.69) is 77.1 Å². The van der Waals surface area contributed by atoms with E-state index in [0.29, 0.717) is 19.7 Å². The molecule has 18 heteroatoms. The standard InChI is InChI=1S/C29H39N3O4.C27H45FN6O4/c1-7-32-26-11-10-22(31-13-15-35-16-14-31)17-24(26)25(18-29(4,5)19-36-21(3)33)28(32)23-9-8-12-30-27(23)20(2)34-6;1-19(2)22(23(36)30-20(3)24(37)34-16-10-9-15-29-34)32(8)25(38)27(28)13-17-33(18-14-27)21(35)11-12-26(4,5)31(6)7/h8-12,17,20H,7,13-16,18-19H2,1-6H3;19-20,22,29H,9-10,13-18H2,1-8H3,(H,30,36). The van der Waals surface area contributed by atoms with E-state index < -0.39 is 41.0 Å². The second kappa shape index (κ2) is 25.8. The second-order valence-electron chi connectivity index (χ2n) is 21.7. The summed E-state index contributed by atoms with van der Waals surface area (Å²) < 4.78 is 35.0. The van der Waals surface area contributed by atoms with Gasteiger partial charge in [-0.2, -0.15) is 0 Å². The number of benzene rings is 1. The Labute approximate surface area is 439 Å². The summed E-state index contributed by atoms with van der Waals surface area (Å²) in [4.78, 5) is 75.0. The second-order valence-corrected chi connectivity index (χ2v) is 21.7. The Morgan fingerprint density at radius 1 is 0.973 bits per heavy atom. The lowest BCUT2D eigenvalue weighted by molar-refractivity contribution is -0.154. The van der Waals surface area contributed by atoms with Crippen molar-refractivity contribution in [3.63, 3.8) is 0 Å². The number of amides is 4. The molecule has 3 aromatic rings. The van der Waals surface area contributed by atoms with E-state index in [-0.39, 0.29) is 55.2 Å². The highest BCUT2D eigenvalue weighted by atomic mass is 19.1. The Kier molecular flexibility index (Phi) is 20.6. The van der Waals surface area contributed by atoms with Gasteiger partial charge in [0.25, 0.3) is 17.7 Å². The summed E-state index contributed by atoms with van der Waals surface area (Å²) in [5.74, 6) is 3.05. The molecule has 6 rings (SSSR count). The highest BCUT2D eigenvalue weighted by molar-refractivity contribution is 5.96. The number of anilines is 1. The van der Waals surface area contributed by atoms with E-state index >= 15 is 4.39 Å². The van der Waals surface area contributed by atoms with Crippen LogP contribution >= 0.6 is 0 Å². The summed E-state index contributed by atoms with van der Waals surface area (Å²) in [7, 11) is 6.87. The van der Waals surface area contributed by atoms with Crippen LogP contribution in [0.25, 0.3) is 22.2 Å². The molecule has 1 aromatic carbocycles. The number of methoxy groups -OCH3 is 1. The number of hydrazine groups is 1. The molecule has 5 heterocycles. The number of aryl methyl sites for hydroxylation is 1. The predicted molar refractivity (Wildman–Crippen MR) is 287 cm³/mol. The van der Waals surface area contributed by atoms with Crippen LogP contribution in [0, 0.1) is 23.2 Å². The largest absolute Gasteiger partial charge is 0.465 e. The van der Waals surface area contributed by atoms with Gasteiger partial charge in [-0.15, -0.1) is 0 Å². The molecule has 3 saturated heterocycles. The molecule has 3 unspecified atom stereocenters. The Bertz CT molecular complexity index is 2490. The Morgan fingerprint density at radius 3 is 2.23 bits per heavy atom. The maximum atomic E-state index is 15.9. The lowest BCUT2D eigenvalue weighted by atomic mass is 9.84. The van der Waals surface area contributed by atoms with Crippen LogP contribution in [0.15, 0.2) is 36.5 Å². The first-order valence-electron chi connectivity index (χ1n) is 26.3. The summed E-state index contributed by atoms with van der Waals surface area (Å²) in [6.45, 7) is 24.7. The number of morpholine rings is 1. The number of hydrogen-bond donors (Lipinski definition) is 2. The highest BCUT2D eigenvalue weighted by Gasteiger charge is 2.47. The molecule has 3 atom stereocenters. The minimum Gasteiger partial charge on any atom is -0.465 e. The molecule has 2 N–H and O–H groups in total. The van der Waals surface area contributed by atoms with Gasteiger partial charge in [0.05, 0.1) is 42.9 Å². The quantitative estimate of drug-likeness (QED) is 0.124. The first-order valence-corrected chi connectivity index (χ1v) is 26.3. The number of ether oxygens (including phenoxy) is 3. The summed E-state index contributed by atoms with van der Waals surface area (Å²) in [6, 6.07) is 9.16. The van der Waals surface area contributed by atoms with Crippen LogP contribution in [-0.4, -0.2) is 169 Å². The van der Waals surface area contributed by atoms with Gasteiger partial charge in [-0.3, -0.25) is 38.9 Å². The summed E-state index contributed by atoms with van der Waals surface area (Å²) >= 11 is 0. The van der Waals surface area contributed by atoms with E-state index in [1.807, 2.05) is 52.0 Å². The monoisotopic (exact) mass is 1030 g/mol. The number of pyridine rings is 1. The molecule has 3 fully saturated rings. The van der Waals surface area contributed by atoms with Gasteiger partial charge in [0.15, 0.2) is 5.67 Å². The van der Waals surface area contributed by atoms with E-state index in [4.69, 9.17) is 19.2 Å². The van der Waals surface area contributed by atoms with E-state index in [1.165, 1.54) is 46.0 Å². The van der Waals surface area contributed by atoms with Gasteiger partial charge >= 0.3 is 5.97 Å². The molecule has 0 spiro atoms. The number of nitrogens with zero attached hydrogens (tertiary/aromatic N) is 7. The van der Waals surface area contributed by atoms with Gasteiger partial charge in [-0.1, -0.05) is 33.6 Å². The van der Waals surface area contributed by atoms with Gasteiger partial charge in [0.1, 0.15) is 12.1 Å². The Balaban J connectivity index is 0.000000274. The third-order valence-electron chi connectivity index (χ3n) is 14.6. The van der Waals surface area contributed by atoms with E-state index in [9.17, 15) is 24.0 Å². The van der Waals surface area contributed by atoms with Crippen molar-refractivity contribution in [3.05, 3.63) is 47.8 Å². The summed E-state index contributed by atoms with van der Waals surface area (Å²) in [5.41, 5.74) is 6.90. The topological polar surface area (TPSA) is 171 Å². The normalized spacial score (nSPS) is 17.4. The van der Waals surface area contributed by atoms with Crippen molar-refractivity contribution < 1.29 is 42.6 Å². The van der Waals surface area contributed by atoms with Crippen LogP contribution in [0.3, 0.4) is 0 Å². The van der Waals surface area contributed by atoms with Crippen molar-refractivity contribution in [1.29, 1.82) is 0 Å². The zero-order valence-electron chi connectivity index (χ0n) is 46.7. The average molecular weight is 1030 g/mol. The molecule has 3 aliphatic heterocycles. The number of carbonyl (C=O) groups is 5. The number of hydrogen-bond acceptors (Lipinski definition) is 12. The van der Waals surface area contributed by atoms with Crippen molar-refractivity contribution in [2.24, 2.45) is 11.3 Å². The van der Waals surface area contributed by atoms with Crippen molar-refractivity contribution in [3.8, 4) is 23.1 Å². The molecule has 3 aliphatic rings. The Hall–Kier alpha value is -5.61. The molecule has 0 saturated carbocycles. The van der Waals surface area contributed by atoms with Gasteiger partial charge < -0.3 is 38.8 Å². The molecule has 0 bridgehead atoms. The summed E-state index contributed by atoms with van der Waals surface area (Å²) in [6.07, 6.45) is 3.94. The van der Waals surface area contributed by atoms with Crippen LogP contribution in [0.5, 0.6) is 0 Å². The molecule has 408 valence electrons. The summed E-state index contributed by atoms with van der Waals surface area (Å²) in [5, 5.41) is 5.44. The van der Waals surface area contributed by atoms with E-state index in [1.54, 1.807) is 27.9 Å². The number of alkyl halides is 1. The van der Waals surface area contributed by atoms with Crippen LogP contribution in [0.1, 0.15) is 112 Å². The number of likely N-dealkylation sites (N-methyl/N-ethyl adjacent to an activating group) is 1. The van der Waals surface area contributed by atoms with Gasteiger partial charge in [-0.05, 0) is 116 Å². The smallest absolute Gasteiger partial charge is 0.302 e. The predicted octanol–water partition coefficient (Wildman–Crippen LogP) is 6.17. The third kappa shape index (κ3) is 14.6. The maximum Gasteiger partial charge on any atom is 0.302 e. The minimum atomic E-state index is -2.20. The fraction of sp³-hybridized carbons (Fsp3) is 0.643. The van der Waals surface area contributed by atoms with Crippen LogP contribution in [-0.2, 0) is 51.1 Å². The SMILES string of the molecule is CC(NC(=O)C(C(C)C)N(C)C(=O)C1(F)CCN(C(=O)C#CC(C)(C)N(C)C)CC1)C(=O)N1CCCCN1.CCn1c(-c2cccnc2C(C)OC)c(CC(C)(C)COC(C)=O)c2cc(N3CCOCC3)ccc21. The molecular weight excluding hydrogens is 946 g/mol. The fourth-order valence-corrected chi connectivity index (χ4v) is 9.64. The average Bonchev–Trinajstić information content (AvgIpc) is 3.68. The fourth-order valence-electron chi connectivity index (χ4n) is 9.64. The lowest BCUT2D eigenvalue weighted by Gasteiger charge is -2.39. The van der Waals surface area contributed by atoms with E-state index in [0.717, 1.165) is 74.0 Å². The number of fused-ring (bicyclic) bond motifs is 1.